The Morgan fingerprint density at radius 1 is 1.62 bits per heavy atom. The van der Waals surface area contributed by atoms with Crippen LogP contribution in [0.5, 0.6) is 0 Å². The summed E-state index contributed by atoms with van der Waals surface area (Å²) < 4.78 is 0. The molecule has 1 saturated heterocycles. The predicted molar refractivity (Wildman–Crippen MR) is 35.7 cm³/mol. The second kappa shape index (κ2) is 2.31. The number of rotatable bonds is 1. The van der Waals surface area contributed by atoms with E-state index in [4.69, 9.17) is 0 Å². The number of hydrogen-bond acceptors (Lipinski definition) is 1. The lowest BCUT2D eigenvalue weighted by molar-refractivity contribution is 0.544. The zero-order chi connectivity index (χ0) is 5.98. The van der Waals surface area contributed by atoms with E-state index in [1.54, 1.807) is 0 Å². The predicted octanol–water partition coefficient (Wildman–Crippen LogP) is 1.03. The summed E-state index contributed by atoms with van der Waals surface area (Å²) in [7, 11) is 0. The van der Waals surface area contributed by atoms with Gasteiger partial charge in [-0.25, -0.2) is 0 Å². The summed E-state index contributed by atoms with van der Waals surface area (Å²) in [6.45, 7) is 8.30. The molecular weight excluding hydrogens is 98.1 g/mol. The van der Waals surface area contributed by atoms with Gasteiger partial charge in [-0.15, -0.1) is 6.58 Å². The Morgan fingerprint density at radius 2 is 2.38 bits per heavy atom. The van der Waals surface area contributed by atoms with Crippen LogP contribution in [0.15, 0.2) is 12.7 Å². The second-order valence-electron chi connectivity index (χ2n) is 2.54. The molecule has 1 fully saturated rings. The number of hydrogen-bond donors (Lipinski definition) is 1. The highest BCUT2D eigenvalue weighted by atomic mass is 14.9. The smallest absolute Gasteiger partial charge is 0.00172 e. The lowest BCUT2D eigenvalue weighted by Gasteiger charge is -2.05. The topological polar surface area (TPSA) is 12.0 Å². The van der Waals surface area contributed by atoms with Crippen molar-refractivity contribution in [3.05, 3.63) is 12.7 Å². The summed E-state index contributed by atoms with van der Waals surface area (Å²) in [5.74, 6) is 1.52. The third-order valence-corrected chi connectivity index (χ3v) is 1.88. The van der Waals surface area contributed by atoms with Crippen LogP contribution in [0.25, 0.3) is 0 Å². The quantitative estimate of drug-likeness (QED) is 0.498. The van der Waals surface area contributed by atoms with Gasteiger partial charge in [-0.3, -0.25) is 0 Å². The first-order valence-electron chi connectivity index (χ1n) is 3.18. The van der Waals surface area contributed by atoms with E-state index in [9.17, 15) is 0 Å². The van der Waals surface area contributed by atoms with Crippen molar-refractivity contribution in [3.63, 3.8) is 0 Å². The molecule has 0 aromatic rings. The molecule has 1 rings (SSSR count). The monoisotopic (exact) mass is 111 g/mol. The summed E-state index contributed by atoms with van der Waals surface area (Å²) in [5.41, 5.74) is 0. The summed E-state index contributed by atoms with van der Waals surface area (Å²) in [6, 6.07) is 0. The molecule has 0 bridgehead atoms. The molecule has 0 saturated carbocycles. The summed E-state index contributed by atoms with van der Waals surface area (Å²) in [5, 5.41) is 3.30. The van der Waals surface area contributed by atoms with E-state index in [0.717, 1.165) is 24.9 Å². The molecule has 0 aromatic carbocycles. The van der Waals surface area contributed by atoms with Gasteiger partial charge in [-0.1, -0.05) is 13.0 Å². The molecule has 1 nitrogen and oxygen atoms in total. The fourth-order valence-corrected chi connectivity index (χ4v) is 1.15. The highest BCUT2D eigenvalue weighted by Gasteiger charge is 2.18. The van der Waals surface area contributed by atoms with Gasteiger partial charge in [0, 0.05) is 6.54 Å². The molecule has 46 valence electrons. The van der Waals surface area contributed by atoms with Crippen molar-refractivity contribution in [2.75, 3.05) is 13.1 Å². The molecular formula is C7H13N. The maximum Gasteiger partial charge on any atom is 0.00172 e. The Kier molecular flexibility index (Phi) is 1.69. The zero-order valence-electron chi connectivity index (χ0n) is 5.35. The van der Waals surface area contributed by atoms with E-state index in [2.05, 4.69) is 18.8 Å². The van der Waals surface area contributed by atoms with Crippen molar-refractivity contribution in [2.24, 2.45) is 11.8 Å². The van der Waals surface area contributed by atoms with Gasteiger partial charge in [-0.2, -0.15) is 0 Å². The third kappa shape index (κ3) is 0.920. The first kappa shape index (κ1) is 5.83. The van der Waals surface area contributed by atoms with Crippen LogP contribution in [-0.2, 0) is 0 Å². The first-order chi connectivity index (χ1) is 3.84. The summed E-state index contributed by atoms with van der Waals surface area (Å²) >= 11 is 0. The van der Waals surface area contributed by atoms with Crippen LogP contribution in [0.2, 0.25) is 0 Å². The molecule has 0 unspecified atom stereocenters. The van der Waals surface area contributed by atoms with Gasteiger partial charge < -0.3 is 5.32 Å². The van der Waals surface area contributed by atoms with Crippen molar-refractivity contribution in [1.82, 2.24) is 5.32 Å². The van der Waals surface area contributed by atoms with Crippen LogP contribution < -0.4 is 5.32 Å². The SMILES string of the molecule is C=C[C@H]1CNC[C@H]1C. The molecule has 1 heterocycles. The van der Waals surface area contributed by atoms with Gasteiger partial charge in [0.2, 0.25) is 0 Å². The molecule has 0 aromatic heterocycles. The van der Waals surface area contributed by atoms with E-state index < -0.39 is 0 Å². The minimum absolute atomic E-state index is 0.718. The van der Waals surface area contributed by atoms with E-state index in [1.165, 1.54) is 0 Å². The van der Waals surface area contributed by atoms with Gasteiger partial charge >= 0.3 is 0 Å². The maximum absolute atomic E-state index is 3.75. The maximum atomic E-state index is 3.75. The molecule has 0 amide bonds. The van der Waals surface area contributed by atoms with E-state index in [1.807, 2.05) is 6.08 Å². The average Bonchev–Trinajstić information content (AvgIpc) is 2.14. The van der Waals surface area contributed by atoms with Crippen LogP contribution in [0.3, 0.4) is 0 Å². The van der Waals surface area contributed by atoms with Crippen LogP contribution in [0, 0.1) is 11.8 Å². The Hall–Kier alpha value is -0.300. The minimum atomic E-state index is 0.718. The van der Waals surface area contributed by atoms with Gasteiger partial charge in [0.15, 0.2) is 0 Å². The number of nitrogens with one attached hydrogen (secondary N) is 1. The molecule has 1 aliphatic heterocycles. The van der Waals surface area contributed by atoms with Gasteiger partial charge in [0.25, 0.3) is 0 Å². The van der Waals surface area contributed by atoms with Crippen molar-refractivity contribution in [1.29, 1.82) is 0 Å². The minimum Gasteiger partial charge on any atom is -0.316 e. The van der Waals surface area contributed by atoms with Crippen LogP contribution in [0.1, 0.15) is 6.92 Å². The lowest BCUT2D eigenvalue weighted by atomic mass is 9.99. The van der Waals surface area contributed by atoms with E-state index in [0.29, 0.717) is 0 Å². The van der Waals surface area contributed by atoms with Gasteiger partial charge in [-0.05, 0) is 18.4 Å². The Bertz CT molecular complexity index is 88.4. The fourth-order valence-electron chi connectivity index (χ4n) is 1.15. The average molecular weight is 111 g/mol. The molecule has 1 N–H and O–H groups in total. The largest absolute Gasteiger partial charge is 0.316 e. The first-order valence-corrected chi connectivity index (χ1v) is 3.18. The van der Waals surface area contributed by atoms with E-state index in [-0.39, 0.29) is 0 Å². The van der Waals surface area contributed by atoms with Crippen molar-refractivity contribution < 1.29 is 0 Å². The Balaban J connectivity index is 2.41. The molecule has 8 heavy (non-hydrogen) atoms. The standard InChI is InChI=1S/C7H13N/c1-3-7-5-8-4-6(7)2/h3,6-8H,1,4-5H2,2H3/t6-,7+/m1/s1. The molecule has 0 aliphatic carbocycles. The third-order valence-electron chi connectivity index (χ3n) is 1.88. The van der Waals surface area contributed by atoms with Crippen molar-refractivity contribution in [3.8, 4) is 0 Å². The molecule has 0 spiro atoms. The van der Waals surface area contributed by atoms with Gasteiger partial charge in [0.05, 0.1) is 0 Å². The Morgan fingerprint density at radius 3 is 2.62 bits per heavy atom. The summed E-state index contributed by atoms with van der Waals surface area (Å²) in [6.07, 6.45) is 2.05. The normalized spacial score (nSPS) is 37.6. The Labute approximate surface area is 50.8 Å². The van der Waals surface area contributed by atoms with Crippen molar-refractivity contribution in [2.45, 2.75) is 6.92 Å². The van der Waals surface area contributed by atoms with Gasteiger partial charge in [0.1, 0.15) is 0 Å². The second-order valence-corrected chi connectivity index (χ2v) is 2.54. The summed E-state index contributed by atoms with van der Waals surface area (Å²) in [4.78, 5) is 0. The van der Waals surface area contributed by atoms with E-state index >= 15 is 0 Å². The molecule has 1 aliphatic rings. The highest BCUT2D eigenvalue weighted by molar-refractivity contribution is 4.89. The van der Waals surface area contributed by atoms with Crippen LogP contribution in [0.4, 0.5) is 0 Å². The van der Waals surface area contributed by atoms with Crippen LogP contribution in [-0.4, -0.2) is 13.1 Å². The lowest BCUT2D eigenvalue weighted by Crippen LogP contribution is -2.07. The van der Waals surface area contributed by atoms with Crippen LogP contribution >= 0.6 is 0 Å². The fraction of sp³-hybridized carbons (Fsp3) is 0.714. The highest BCUT2D eigenvalue weighted by Crippen LogP contribution is 2.15. The zero-order valence-corrected chi connectivity index (χ0v) is 5.35. The van der Waals surface area contributed by atoms with Crippen molar-refractivity contribution >= 4 is 0 Å². The molecule has 1 heteroatoms. The molecule has 0 radical (unpaired) electrons. The molecule has 2 atom stereocenters.